The molecule has 3 rings (SSSR count). The largest absolute Gasteiger partial charge is 0.353 e. The number of ether oxygens (including phenoxy) is 4. The summed E-state index contributed by atoms with van der Waals surface area (Å²) in [4.78, 5) is 24.8. The van der Waals surface area contributed by atoms with Gasteiger partial charge in [0.15, 0.2) is 24.2 Å². The number of hydrogen-bond donors (Lipinski definition) is 2. The van der Waals surface area contributed by atoms with Crippen molar-refractivity contribution in [3.05, 3.63) is 23.8 Å². The fraction of sp³-hybridized carbons (Fsp3) is 0.829. The molecule has 1 aliphatic carbocycles. The van der Waals surface area contributed by atoms with Gasteiger partial charge in [-0.15, -0.1) is 0 Å². The molecule has 258 valence electrons. The van der Waals surface area contributed by atoms with Gasteiger partial charge in [0.25, 0.3) is 11.8 Å². The lowest BCUT2D eigenvalue weighted by Crippen LogP contribution is -2.48. The van der Waals surface area contributed by atoms with Crippen LogP contribution in [0.3, 0.4) is 0 Å². The van der Waals surface area contributed by atoms with E-state index in [-0.39, 0.29) is 12.6 Å². The van der Waals surface area contributed by atoms with E-state index in [9.17, 15) is 18.4 Å². The molecule has 2 amide bonds. The lowest BCUT2D eigenvalue weighted by atomic mass is 10.1. The Balaban J connectivity index is 1.19. The van der Waals surface area contributed by atoms with E-state index in [1.165, 1.54) is 12.2 Å². The fourth-order valence-electron chi connectivity index (χ4n) is 6.09. The molecule has 2 unspecified atom stereocenters. The zero-order chi connectivity index (χ0) is 32.0. The number of carbonyl (C=O) groups is 2. The molecule has 3 aliphatic rings. The lowest BCUT2D eigenvalue weighted by Gasteiger charge is -2.22. The highest BCUT2D eigenvalue weighted by Gasteiger charge is 2.31. The molecule has 8 nitrogen and oxygen atoms in total. The molecule has 0 aromatic heterocycles. The van der Waals surface area contributed by atoms with Gasteiger partial charge in [-0.2, -0.15) is 0 Å². The van der Waals surface area contributed by atoms with Crippen LogP contribution in [0.4, 0.5) is 8.78 Å². The fourth-order valence-corrected chi connectivity index (χ4v) is 6.09. The van der Waals surface area contributed by atoms with Gasteiger partial charge in [0.1, 0.15) is 0 Å². The van der Waals surface area contributed by atoms with Gasteiger partial charge in [0, 0.05) is 38.5 Å². The van der Waals surface area contributed by atoms with E-state index in [1.54, 1.807) is 0 Å². The molecule has 2 N–H and O–H groups in total. The lowest BCUT2D eigenvalue weighted by molar-refractivity contribution is -0.163. The summed E-state index contributed by atoms with van der Waals surface area (Å²) in [6.07, 6.45) is 21.8. The summed E-state index contributed by atoms with van der Waals surface area (Å²) in [5.41, 5.74) is 0. The average molecular weight is 641 g/mol. The van der Waals surface area contributed by atoms with Crippen LogP contribution in [0.1, 0.15) is 135 Å². The number of amides is 2. The molecule has 2 heterocycles. The SMILES string of the molecule is O=C(N[C@H]1CCC[C@H]1NC(=O)/C(F)=C\CCCCCCCOC1CCCCO1)/C(F)=C\CCCCCCCOC1CCCCO1. The van der Waals surface area contributed by atoms with Gasteiger partial charge >= 0.3 is 0 Å². The molecule has 0 aromatic carbocycles. The Bertz CT molecular complexity index is 819. The van der Waals surface area contributed by atoms with Crippen molar-refractivity contribution >= 4 is 11.8 Å². The number of unbranched alkanes of at least 4 members (excludes halogenated alkanes) is 10. The average Bonchev–Trinajstić information content (AvgIpc) is 3.49. The Morgan fingerprint density at radius 1 is 0.578 bits per heavy atom. The van der Waals surface area contributed by atoms with Crippen LogP contribution in [0, 0.1) is 0 Å². The van der Waals surface area contributed by atoms with Crippen molar-refractivity contribution in [1.82, 2.24) is 10.6 Å². The van der Waals surface area contributed by atoms with E-state index in [4.69, 9.17) is 18.9 Å². The number of nitrogens with one attached hydrogen (secondary N) is 2. The van der Waals surface area contributed by atoms with Gasteiger partial charge in [-0.25, -0.2) is 8.78 Å². The summed E-state index contributed by atoms with van der Waals surface area (Å²) in [6, 6.07) is -0.827. The number of hydrogen-bond acceptors (Lipinski definition) is 6. The maximum Gasteiger partial charge on any atom is 0.279 e. The molecule has 2 aliphatic heterocycles. The van der Waals surface area contributed by atoms with Crippen molar-refractivity contribution in [2.75, 3.05) is 26.4 Å². The van der Waals surface area contributed by atoms with Crippen LogP contribution >= 0.6 is 0 Å². The Morgan fingerprint density at radius 2 is 1.00 bits per heavy atom. The smallest absolute Gasteiger partial charge is 0.279 e. The van der Waals surface area contributed by atoms with E-state index in [1.807, 2.05) is 0 Å². The third kappa shape index (κ3) is 16.5. The van der Waals surface area contributed by atoms with E-state index < -0.39 is 35.6 Å². The first-order valence-corrected chi connectivity index (χ1v) is 17.8. The highest BCUT2D eigenvalue weighted by molar-refractivity contribution is 5.92. The summed E-state index contributed by atoms with van der Waals surface area (Å²) >= 11 is 0. The molecule has 2 saturated heterocycles. The van der Waals surface area contributed by atoms with Crippen LogP contribution in [-0.4, -0.2) is 62.9 Å². The molecule has 4 atom stereocenters. The quantitative estimate of drug-likeness (QED) is 0.0934. The minimum atomic E-state index is -0.801. The molecule has 1 saturated carbocycles. The Morgan fingerprint density at radius 3 is 1.42 bits per heavy atom. The van der Waals surface area contributed by atoms with Crippen LogP contribution in [0.2, 0.25) is 0 Å². The van der Waals surface area contributed by atoms with E-state index in [0.717, 1.165) is 122 Å². The predicted molar refractivity (Wildman–Crippen MR) is 171 cm³/mol. The van der Waals surface area contributed by atoms with Crippen molar-refractivity contribution in [3.8, 4) is 0 Å². The zero-order valence-electron chi connectivity index (χ0n) is 27.3. The zero-order valence-corrected chi connectivity index (χ0v) is 27.3. The summed E-state index contributed by atoms with van der Waals surface area (Å²) in [5, 5.41) is 5.39. The molecular formula is C35H58F2N2O6. The molecule has 3 fully saturated rings. The number of carbonyl (C=O) groups excluding carboxylic acids is 2. The van der Waals surface area contributed by atoms with Crippen LogP contribution in [0.5, 0.6) is 0 Å². The highest BCUT2D eigenvalue weighted by Crippen LogP contribution is 2.21. The minimum absolute atomic E-state index is 0.0410. The van der Waals surface area contributed by atoms with Crippen LogP contribution in [-0.2, 0) is 28.5 Å². The van der Waals surface area contributed by atoms with Gasteiger partial charge in [-0.1, -0.05) is 38.5 Å². The molecule has 0 radical (unpaired) electrons. The van der Waals surface area contributed by atoms with Gasteiger partial charge in [0.2, 0.25) is 0 Å². The second-order valence-electron chi connectivity index (χ2n) is 12.6. The molecule has 0 spiro atoms. The maximum absolute atomic E-state index is 14.4. The van der Waals surface area contributed by atoms with E-state index in [2.05, 4.69) is 10.6 Å². The van der Waals surface area contributed by atoms with Gasteiger partial charge < -0.3 is 29.6 Å². The normalized spacial score (nSPS) is 24.5. The Kier molecular flexibility index (Phi) is 19.6. The molecule has 10 heteroatoms. The van der Waals surface area contributed by atoms with Crippen LogP contribution < -0.4 is 10.6 Å². The van der Waals surface area contributed by atoms with Crippen molar-refractivity contribution in [1.29, 1.82) is 0 Å². The summed E-state index contributed by atoms with van der Waals surface area (Å²) in [5.74, 6) is -3.14. The number of rotatable bonds is 22. The van der Waals surface area contributed by atoms with Crippen molar-refractivity contribution in [2.24, 2.45) is 0 Å². The minimum Gasteiger partial charge on any atom is -0.353 e. The molecule has 45 heavy (non-hydrogen) atoms. The monoisotopic (exact) mass is 640 g/mol. The summed E-state index contributed by atoms with van der Waals surface area (Å²) in [6.45, 7) is 2.99. The van der Waals surface area contributed by atoms with Crippen molar-refractivity contribution in [3.63, 3.8) is 0 Å². The standard InChI is InChI=1S/C35H58F2N2O6/c36-28(18-9-5-1-3-7-13-24-42-32-22-11-15-26-44-32)34(40)38-30-20-17-21-31(30)39-35(41)29(37)19-10-6-2-4-8-14-25-43-33-23-12-16-27-45-33/h18-19,30-33H,1-17,20-27H2,(H,38,40)(H,39,41)/b28-18+,29-19+/t30-,31+,32?,33?. The van der Waals surface area contributed by atoms with E-state index >= 15 is 0 Å². The van der Waals surface area contributed by atoms with E-state index in [0.29, 0.717) is 38.9 Å². The first kappa shape index (κ1) is 37.6. The number of halogens is 2. The van der Waals surface area contributed by atoms with Crippen molar-refractivity contribution in [2.45, 2.75) is 160 Å². The second kappa shape index (κ2) is 23.4. The van der Waals surface area contributed by atoms with Crippen LogP contribution in [0.25, 0.3) is 0 Å². The molecular weight excluding hydrogens is 582 g/mol. The Labute approximate surface area is 269 Å². The third-order valence-electron chi connectivity index (χ3n) is 8.81. The summed E-state index contributed by atoms with van der Waals surface area (Å²) < 4.78 is 51.5. The predicted octanol–water partition coefficient (Wildman–Crippen LogP) is 7.61. The van der Waals surface area contributed by atoms with Gasteiger partial charge in [-0.3, -0.25) is 9.59 Å². The third-order valence-corrected chi connectivity index (χ3v) is 8.81. The highest BCUT2D eigenvalue weighted by atomic mass is 19.1. The Hall–Kier alpha value is -1.88. The topological polar surface area (TPSA) is 95.1 Å². The summed E-state index contributed by atoms with van der Waals surface area (Å²) in [7, 11) is 0. The number of allylic oxidation sites excluding steroid dienone is 2. The second-order valence-corrected chi connectivity index (χ2v) is 12.6. The molecule has 0 aromatic rings. The first-order valence-electron chi connectivity index (χ1n) is 17.8. The maximum atomic E-state index is 14.4. The van der Waals surface area contributed by atoms with Gasteiger partial charge in [-0.05, 0) is 108 Å². The van der Waals surface area contributed by atoms with Crippen LogP contribution in [0.15, 0.2) is 23.8 Å². The first-order chi connectivity index (χ1) is 22.0. The van der Waals surface area contributed by atoms with Gasteiger partial charge in [0.05, 0.1) is 0 Å². The molecule has 0 bridgehead atoms. The van der Waals surface area contributed by atoms with Crippen molar-refractivity contribution < 1.29 is 37.3 Å².